The molecule has 9 heteroatoms. The molecule has 8 nitrogen and oxygen atoms in total. The predicted octanol–water partition coefficient (Wildman–Crippen LogP) is 5.06. The minimum absolute atomic E-state index is 0.230. The molecule has 0 radical (unpaired) electrons. The Hall–Kier alpha value is -4.30. The molecule has 0 aliphatic carbocycles. The maximum absolute atomic E-state index is 11.0. The lowest BCUT2D eigenvalue weighted by molar-refractivity contribution is 0.0697. The van der Waals surface area contributed by atoms with Gasteiger partial charge in [-0.2, -0.15) is 4.80 Å². The summed E-state index contributed by atoms with van der Waals surface area (Å²) in [5.74, 6) is 0.621. The number of carboxylic acid groups (broad SMARTS) is 1. The molecule has 0 spiro atoms. The van der Waals surface area contributed by atoms with Crippen LogP contribution in [-0.2, 0) is 6.54 Å². The molecule has 0 amide bonds. The van der Waals surface area contributed by atoms with Gasteiger partial charge in [0.2, 0.25) is 11.7 Å². The standard InChI is InChI=1S/C24H16ClN5O3/c25-20-10-8-16(9-11-20)21-13-26-23(33-21)19-3-1-2-18(12-19)22-27-29-30(28-22)14-15-4-6-17(7-5-15)24(31)32/h1-13H,14H2,(H,31,32). The quantitative estimate of drug-likeness (QED) is 0.379. The van der Waals surface area contributed by atoms with Crippen LogP contribution in [0.15, 0.2) is 83.4 Å². The summed E-state index contributed by atoms with van der Waals surface area (Å²) in [6, 6.07) is 21.5. The van der Waals surface area contributed by atoms with Gasteiger partial charge >= 0.3 is 5.97 Å². The van der Waals surface area contributed by atoms with Crippen LogP contribution in [-0.4, -0.2) is 36.3 Å². The third-order valence-corrected chi connectivity index (χ3v) is 5.23. The van der Waals surface area contributed by atoms with Crippen LogP contribution in [0.4, 0.5) is 0 Å². The van der Waals surface area contributed by atoms with Crippen LogP contribution in [0.25, 0.3) is 34.2 Å². The minimum atomic E-state index is -0.964. The maximum Gasteiger partial charge on any atom is 0.335 e. The van der Waals surface area contributed by atoms with E-state index in [1.165, 1.54) is 4.80 Å². The number of tetrazole rings is 1. The van der Waals surface area contributed by atoms with E-state index in [0.717, 1.165) is 22.3 Å². The van der Waals surface area contributed by atoms with Crippen molar-refractivity contribution in [2.45, 2.75) is 6.54 Å². The minimum Gasteiger partial charge on any atom is -0.478 e. The van der Waals surface area contributed by atoms with Gasteiger partial charge in [0.15, 0.2) is 5.76 Å². The summed E-state index contributed by atoms with van der Waals surface area (Å²) >= 11 is 5.95. The van der Waals surface area contributed by atoms with Crippen LogP contribution in [0.1, 0.15) is 15.9 Å². The first-order chi connectivity index (χ1) is 16.0. The summed E-state index contributed by atoms with van der Waals surface area (Å²) in [4.78, 5) is 16.8. The molecular formula is C24H16ClN5O3. The highest BCUT2D eigenvalue weighted by Crippen LogP contribution is 2.28. The van der Waals surface area contributed by atoms with Crippen molar-refractivity contribution in [3.63, 3.8) is 0 Å². The smallest absolute Gasteiger partial charge is 0.335 e. The average molecular weight is 458 g/mol. The number of nitrogens with zero attached hydrogens (tertiary/aromatic N) is 5. The molecule has 0 unspecified atom stereocenters. The Bertz CT molecular complexity index is 1430. The molecule has 5 aromatic rings. The summed E-state index contributed by atoms with van der Waals surface area (Å²) in [6.45, 7) is 0.372. The van der Waals surface area contributed by atoms with Crippen molar-refractivity contribution in [2.75, 3.05) is 0 Å². The van der Waals surface area contributed by atoms with Gasteiger partial charge in [-0.25, -0.2) is 9.78 Å². The number of carboxylic acids is 1. The number of benzene rings is 3. The second-order valence-electron chi connectivity index (χ2n) is 7.26. The third-order valence-electron chi connectivity index (χ3n) is 4.98. The van der Waals surface area contributed by atoms with Gasteiger partial charge in [0.1, 0.15) is 0 Å². The molecule has 2 heterocycles. The average Bonchev–Trinajstić information content (AvgIpc) is 3.50. The van der Waals surface area contributed by atoms with Crippen molar-refractivity contribution in [3.8, 4) is 34.2 Å². The Balaban J connectivity index is 1.35. The molecular weight excluding hydrogens is 442 g/mol. The number of hydrogen-bond donors (Lipinski definition) is 1. The zero-order valence-electron chi connectivity index (χ0n) is 17.1. The van der Waals surface area contributed by atoms with Gasteiger partial charge in [0.05, 0.1) is 18.3 Å². The lowest BCUT2D eigenvalue weighted by Gasteiger charge is -2.01. The van der Waals surface area contributed by atoms with Crippen LogP contribution in [0.5, 0.6) is 0 Å². The van der Waals surface area contributed by atoms with Crippen molar-refractivity contribution in [1.29, 1.82) is 0 Å². The van der Waals surface area contributed by atoms with Crippen LogP contribution in [0.2, 0.25) is 5.02 Å². The first-order valence-corrected chi connectivity index (χ1v) is 10.4. The number of hydrogen-bond acceptors (Lipinski definition) is 6. The molecule has 0 bridgehead atoms. The Morgan fingerprint density at radius 1 is 0.970 bits per heavy atom. The lowest BCUT2D eigenvalue weighted by Crippen LogP contribution is -2.04. The summed E-state index contributed by atoms with van der Waals surface area (Å²) < 4.78 is 5.94. The van der Waals surface area contributed by atoms with Crippen molar-refractivity contribution in [2.24, 2.45) is 0 Å². The van der Waals surface area contributed by atoms with Gasteiger partial charge in [-0.15, -0.1) is 10.2 Å². The van der Waals surface area contributed by atoms with E-state index in [1.54, 1.807) is 42.6 Å². The number of aromatic nitrogens is 5. The number of halogens is 1. The van der Waals surface area contributed by atoms with E-state index in [4.69, 9.17) is 21.1 Å². The molecule has 33 heavy (non-hydrogen) atoms. The largest absolute Gasteiger partial charge is 0.478 e. The molecule has 0 atom stereocenters. The lowest BCUT2D eigenvalue weighted by atomic mass is 10.1. The van der Waals surface area contributed by atoms with Crippen molar-refractivity contribution in [1.82, 2.24) is 25.2 Å². The van der Waals surface area contributed by atoms with E-state index in [-0.39, 0.29) is 5.56 Å². The third kappa shape index (κ3) is 4.51. The van der Waals surface area contributed by atoms with E-state index in [1.807, 2.05) is 36.4 Å². The molecule has 0 aliphatic heterocycles. The van der Waals surface area contributed by atoms with Crippen LogP contribution >= 0.6 is 11.6 Å². The summed E-state index contributed by atoms with van der Waals surface area (Å²) in [5.41, 5.74) is 3.54. The maximum atomic E-state index is 11.0. The normalized spacial score (nSPS) is 10.9. The zero-order chi connectivity index (χ0) is 22.8. The second-order valence-corrected chi connectivity index (χ2v) is 7.70. The van der Waals surface area contributed by atoms with Gasteiger partial charge < -0.3 is 9.52 Å². The van der Waals surface area contributed by atoms with E-state index >= 15 is 0 Å². The SMILES string of the molecule is O=C(O)c1ccc(Cn2nnc(-c3cccc(-c4ncc(-c5ccc(Cl)cc5)o4)c3)n2)cc1. The molecule has 162 valence electrons. The predicted molar refractivity (Wildman–Crippen MR) is 122 cm³/mol. The van der Waals surface area contributed by atoms with Crippen molar-refractivity contribution < 1.29 is 14.3 Å². The Morgan fingerprint density at radius 2 is 1.73 bits per heavy atom. The van der Waals surface area contributed by atoms with E-state index < -0.39 is 5.97 Å². The van der Waals surface area contributed by atoms with E-state index in [9.17, 15) is 4.79 Å². The van der Waals surface area contributed by atoms with Gasteiger partial charge in [0, 0.05) is 21.7 Å². The molecule has 1 N–H and O–H groups in total. The summed E-state index contributed by atoms with van der Waals surface area (Å²) in [6.07, 6.45) is 1.68. The molecule has 0 saturated heterocycles. The number of aromatic carboxylic acids is 1. The van der Waals surface area contributed by atoms with Crippen molar-refractivity contribution in [3.05, 3.63) is 95.1 Å². The highest BCUT2D eigenvalue weighted by molar-refractivity contribution is 6.30. The summed E-state index contributed by atoms with van der Waals surface area (Å²) in [7, 11) is 0. The number of oxazole rings is 1. The first-order valence-electron chi connectivity index (χ1n) is 9.98. The van der Waals surface area contributed by atoms with Crippen molar-refractivity contribution >= 4 is 17.6 Å². The number of rotatable bonds is 6. The van der Waals surface area contributed by atoms with Gasteiger partial charge in [-0.3, -0.25) is 0 Å². The van der Waals surface area contributed by atoms with Gasteiger partial charge in [-0.1, -0.05) is 35.9 Å². The van der Waals surface area contributed by atoms with Crippen LogP contribution in [0, 0.1) is 0 Å². The fourth-order valence-corrected chi connectivity index (χ4v) is 3.41. The molecule has 0 saturated carbocycles. The Labute approximate surface area is 193 Å². The summed E-state index contributed by atoms with van der Waals surface area (Å²) in [5, 5.41) is 22.4. The molecule has 0 aliphatic rings. The second kappa shape index (κ2) is 8.68. The van der Waals surface area contributed by atoms with Crippen LogP contribution in [0.3, 0.4) is 0 Å². The molecule has 2 aromatic heterocycles. The highest BCUT2D eigenvalue weighted by Gasteiger charge is 2.12. The fraction of sp³-hybridized carbons (Fsp3) is 0.0417. The monoisotopic (exact) mass is 457 g/mol. The van der Waals surface area contributed by atoms with Gasteiger partial charge in [-0.05, 0) is 59.3 Å². The molecule has 3 aromatic carbocycles. The Kier molecular flexibility index (Phi) is 5.42. The molecule has 0 fully saturated rings. The van der Waals surface area contributed by atoms with E-state index in [2.05, 4.69) is 20.4 Å². The Morgan fingerprint density at radius 3 is 2.48 bits per heavy atom. The molecule has 5 rings (SSSR count). The number of carbonyl (C=O) groups is 1. The van der Waals surface area contributed by atoms with Gasteiger partial charge in [0.25, 0.3) is 0 Å². The fourth-order valence-electron chi connectivity index (χ4n) is 3.29. The van der Waals surface area contributed by atoms with Crippen LogP contribution < -0.4 is 0 Å². The first kappa shape index (κ1) is 20.6. The highest BCUT2D eigenvalue weighted by atomic mass is 35.5. The zero-order valence-corrected chi connectivity index (χ0v) is 17.8. The van der Waals surface area contributed by atoms with E-state index in [0.29, 0.717) is 29.0 Å². The topological polar surface area (TPSA) is 107 Å².